The molecule has 3 aromatic carbocycles. The van der Waals surface area contributed by atoms with E-state index in [0.29, 0.717) is 30.4 Å². The topological polar surface area (TPSA) is 73.3 Å². The number of anilines is 1. The molecule has 1 aliphatic heterocycles. The molecular formula is C31H32F2N4O2. The highest BCUT2D eigenvalue weighted by Crippen LogP contribution is 2.27. The average Bonchev–Trinajstić information content (AvgIpc) is 3.39. The molecule has 2 N–H and O–H groups in total. The third kappa shape index (κ3) is 5.56. The molecule has 202 valence electrons. The fourth-order valence-corrected chi connectivity index (χ4v) is 5.49. The molecule has 5 rings (SSSR count). The minimum Gasteiger partial charge on any atom is -0.365 e. The largest absolute Gasteiger partial charge is 0.365 e. The van der Waals surface area contributed by atoms with Crippen molar-refractivity contribution in [2.45, 2.75) is 38.9 Å². The Balaban J connectivity index is 1.55. The van der Waals surface area contributed by atoms with Crippen LogP contribution in [0.15, 0.2) is 88.5 Å². The summed E-state index contributed by atoms with van der Waals surface area (Å²) in [5.74, 6) is -1.16. The lowest BCUT2D eigenvalue weighted by Gasteiger charge is -2.25. The maximum absolute atomic E-state index is 14.6. The van der Waals surface area contributed by atoms with Gasteiger partial charge in [-0.15, -0.1) is 0 Å². The number of hydrogen-bond acceptors (Lipinski definition) is 4. The maximum Gasteiger partial charge on any atom is 0.331 e. The van der Waals surface area contributed by atoms with Gasteiger partial charge in [0.2, 0.25) is 0 Å². The number of hydrogen-bond donors (Lipinski definition) is 1. The van der Waals surface area contributed by atoms with E-state index in [1.807, 2.05) is 53.4 Å². The van der Waals surface area contributed by atoms with E-state index < -0.39 is 28.9 Å². The van der Waals surface area contributed by atoms with E-state index in [0.717, 1.165) is 35.1 Å². The van der Waals surface area contributed by atoms with Crippen LogP contribution in [0.25, 0.3) is 0 Å². The first-order valence-electron chi connectivity index (χ1n) is 13.2. The molecule has 39 heavy (non-hydrogen) atoms. The van der Waals surface area contributed by atoms with E-state index in [9.17, 15) is 18.4 Å². The molecular weight excluding hydrogens is 498 g/mol. The van der Waals surface area contributed by atoms with Crippen molar-refractivity contribution >= 4 is 5.69 Å². The van der Waals surface area contributed by atoms with Crippen LogP contribution >= 0.6 is 0 Å². The number of nitrogens with two attached hydrogens (primary N) is 1. The predicted molar refractivity (Wildman–Crippen MR) is 149 cm³/mol. The van der Waals surface area contributed by atoms with Gasteiger partial charge in [-0.1, -0.05) is 66.7 Å². The molecule has 4 aromatic rings. The van der Waals surface area contributed by atoms with Crippen molar-refractivity contribution in [1.29, 1.82) is 0 Å². The quantitative estimate of drug-likeness (QED) is 0.366. The van der Waals surface area contributed by atoms with Crippen molar-refractivity contribution < 1.29 is 8.78 Å². The first-order valence-corrected chi connectivity index (χ1v) is 13.2. The summed E-state index contributed by atoms with van der Waals surface area (Å²) in [6.07, 6.45) is 1.77. The Kier molecular flexibility index (Phi) is 7.74. The molecule has 1 aliphatic rings. The zero-order valence-corrected chi connectivity index (χ0v) is 21.9. The van der Waals surface area contributed by atoms with Crippen LogP contribution in [0.2, 0.25) is 0 Å². The molecule has 0 amide bonds. The minimum atomic E-state index is -0.745. The number of halogens is 2. The van der Waals surface area contributed by atoms with Crippen LogP contribution < -0.4 is 21.9 Å². The molecule has 6 nitrogen and oxygen atoms in total. The highest BCUT2D eigenvalue weighted by Gasteiger charge is 2.29. The van der Waals surface area contributed by atoms with Gasteiger partial charge in [0.15, 0.2) is 0 Å². The first kappa shape index (κ1) is 26.6. The fraction of sp³-hybridized carbons (Fsp3) is 0.290. The van der Waals surface area contributed by atoms with E-state index in [-0.39, 0.29) is 18.7 Å². The van der Waals surface area contributed by atoms with E-state index in [2.05, 4.69) is 12.1 Å². The highest BCUT2D eigenvalue weighted by atomic mass is 19.1. The first-order chi connectivity index (χ1) is 18.8. The van der Waals surface area contributed by atoms with Gasteiger partial charge in [0, 0.05) is 30.4 Å². The molecule has 8 heteroatoms. The minimum absolute atomic E-state index is 0.0595. The molecule has 1 fully saturated rings. The summed E-state index contributed by atoms with van der Waals surface area (Å²) in [5, 5.41) is 0. The molecule has 1 unspecified atom stereocenters. The molecule has 0 spiro atoms. The second kappa shape index (κ2) is 11.4. The van der Waals surface area contributed by atoms with E-state index in [1.165, 1.54) is 16.2 Å². The molecule has 0 bridgehead atoms. The smallest absolute Gasteiger partial charge is 0.331 e. The van der Waals surface area contributed by atoms with Gasteiger partial charge in [0.05, 0.1) is 13.1 Å². The lowest BCUT2D eigenvalue weighted by Crippen LogP contribution is -2.46. The molecule has 0 aliphatic carbocycles. The van der Waals surface area contributed by atoms with Crippen LogP contribution in [0.4, 0.5) is 14.5 Å². The van der Waals surface area contributed by atoms with Crippen molar-refractivity contribution in [2.24, 2.45) is 11.7 Å². The zero-order chi connectivity index (χ0) is 27.5. The summed E-state index contributed by atoms with van der Waals surface area (Å²) in [7, 11) is 0. The lowest BCUT2D eigenvalue weighted by molar-refractivity contribution is 0.491. The van der Waals surface area contributed by atoms with E-state index in [1.54, 1.807) is 6.92 Å². The van der Waals surface area contributed by atoms with Gasteiger partial charge in [0.25, 0.3) is 5.56 Å². The number of nitrogens with zero attached hydrogens (tertiary/aromatic N) is 3. The second-order valence-corrected chi connectivity index (χ2v) is 10.2. The zero-order valence-electron chi connectivity index (χ0n) is 21.9. The van der Waals surface area contributed by atoms with Gasteiger partial charge in [0.1, 0.15) is 17.3 Å². The van der Waals surface area contributed by atoms with Crippen molar-refractivity contribution in [3.05, 3.63) is 134 Å². The van der Waals surface area contributed by atoms with E-state index in [4.69, 9.17) is 5.73 Å². The Bertz CT molecular complexity index is 1550. The summed E-state index contributed by atoms with van der Waals surface area (Å²) >= 11 is 0. The van der Waals surface area contributed by atoms with Gasteiger partial charge in [-0.2, -0.15) is 0 Å². The Morgan fingerprint density at radius 2 is 1.54 bits per heavy atom. The second-order valence-electron chi connectivity index (χ2n) is 10.2. The van der Waals surface area contributed by atoms with Crippen molar-refractivity contribution in [3.63, 3.8) is 0 Å². The Morgan fingerprint density at radius 3 is 2.21 bits per heavy atom. The van der Waals surface area contributed by atoms with Gasteiger partial charge in [-0.05, 0) is 48.9 Å². The third-order valence-electron chi connectivity index (χ3n) is 7.61. The molecule has 1 saturated heterocycles. The normalized spacial score (nSPS) is 16.0. The molecule has 1 aromatic heterocycles. The average molecular weight is 531 g/mol. The summed E-state index contributed by atoms with van der Waals surface area (Å²) in [6, 6.07) is 22.4. The van der Waals surface area contributed by atoms with Crippen LogP contribution in [0.3, 0.4) is 0 Å². The van der Waals surface area contributed by atoms with Crippen molar-refractivity contribution in [1.82, 2.24) is 9.13 Å². The van der Waals surface area contributed by atoms with Crippen LogP contribution in [0.5, 0.6) is 0 Å². The Labute approximate surface area is 225 Å². The molecule has 2 atom stereocenters. The van der Waals surface area contributed by atoms with Gasteiger partial charge in [-0.25, -0.2) is 13.6 Å². The van der Waals surface area contributed by atoms with Crippen LogP contribution in [-0.2, 0) is 19.5 Å². The Morgan fingerprint density at radius 1 is 0.897 bits per heavy atom. The van der Waals surface area contributed by atoms with Crippen LogP contribution in [0.1, 0.15) is 34.8 Å². The SMILES string of the molecule is Cc1c(N2CCC(Cc3ccccc3)C2)c(=O)n(C[C@@H](N)c2ccccc2)c(=O)n1Cc1c(F)cccc1F. The molecule has 0 saturated carbocycles. The van der Waals surface area contributed by atoms with Crippen LogP contribution in [0, 0.1) is 24.5 Å². The molecule has 2 heterocycles. The van der Waals surface area contributed by atoms with Crippen LogP contribution in [-0.4, -0.2) is 22.2 Å². The summed E-state index contributed by atoms with van der Waals surface area (Å²) in [6.45, 7) is 2.56. The monoisotopic (exact) mass is 530 g/mol. The third-order valence-corrected chi connectivity index (χ3v) is 7.61. The maximum atomic E-state index is 14.6. The van der Waals surface area contributed by atoms with E-state index >= 15 is 0 Å². The highest BCUT2D eigenvalue weighted by molar-refractivity contribution is 5.50. The summed E-state index contributed by atoms with van der Waals surface area (Å²) < 4.78 is 31.6. The van der Waals surface area contributed by atoms with Crippen molar-refractivity contribution in [2.75, 3.05) is 18.0 Å². The van der Waals surface area contributed by atoms with Gasteiger partial charge < -0.3 is 10.6 Å². The Hall–Kier alpha value is -4.04. The lowest BCUT2D eigenvalue weighted by atomic mass is 9.99. The van der Waals surface area contributed by atoms with Gasteiger partial charge >= 0.3 is 5.69 Å². The summed E-state index contributed by atoms with van der Waals surface area (Å²) in [5.41, 5.74) is 7.89. The van der Waals surface area contributed by atoms with Gasteiger partial charge in [-0.3, -0.25) is 13.9 Å². The molecule has 0 radical (unpaired) electrons. The number of aromatic nitrogens is 2. The number of benzene rings is 3. The summed E-state index contributed by atoms with van der Waals surface area (Å²) in [4.78, 5) is 29.6. The fourth-order valence-electron chi connectivity index (χ4n) is 5.49. The van der Waals surface area contributed by atoms with Crippen molar-refractivity contribution in [3.8, 4) is 0 Å². The number of rotatable bonds is 8. The standard InChI is InChI=1S/C31H32F2N4O2/c1-21-29(35-16-15-23(18-35)17-22-9-4-2-5-10-22)30(38)37(20-28(34)24-11-6-3-7-12-24)31(39)36(21)19-25-26(32)13-8-14-27(25)33/h2-14,23,28H,15-20,34H2,1H3/t23?,28-/m1/s1. The predicted octanol–water partition coefficient (Wildman–Crippen LogP) is 4.41.